The zero-order valence-electron chi connectivity index (χ0n) is 10.2. The summed E-state index contributed by atoms with van der Waals surface area (Å²) in [4.78, 5) is 9.50. The van der Waals surface area contributed by atoms with Gasteiger partial charge in [0.15, 0.2) is 0 Å². The fourth-order valence-corrected chi connectivity index (χ4v) is 1.48. The molecule has 0 atom stereocenters. The van der Waals surface area contributed by atoms with Gasteiger partial charge in [0.25, 0.3) is 5.69 Å². The summed E-state index contributed by atoms with van der Waals surface area (Å²) < 4.78 is 42.8. The molecule has 1 aromatic carbocycles. The molecule has 0 aliphatic carbocycles. The van der Waals surface area contributed by atoms with Crippen LogP contribution >= 0.6 is 0 Å². The second-order valence-electron chi connectivity index (χ2n) is 3.76. The third-order valence-corrected chi connectivity index (χ3v) is 2.35. The minimum Gasteiger partial charge on any atom is -0.385 e. The number of hydrogen-bond donors (Lipinski definition) is 1. The Morgan fingerprint density at radius 1 is 1.42 bits per heavy atom. The van der Waals surface area contributed by atoms with Crippen LogP contribution in [0.4, 0.5) is 24.5 Å². The molecule has 8 heteroatoms. The van der Waals surface area contributed by atoms with Crippen LogP contribution in [0.1, 0.15) is 12.0 Å². The van der Waals surface area contributed by atoms with Gasteiger partial charge >= 0.3 is 6.18 Å². The van der Waals surface area contributed by atoms with Crippen molar-refractivity contribution in [2.24, 2.45) is 0 Å². The quantitative estimate of drug-likeness (QED) is 0.493. The van der Waals surface area contributed by atoms with Crippen molar-refractivity contribution in [1.82, 2.24) is 0 Å². The number of alkyl halides is 3. The Labute approximate surface area is 107 Å². The van der Waals surface area contributed by atoms with E-state index in [0.29, 0.717) is 19.6 Å². The summed E-state index contributed by atoms with van der Waals surface area (Å²) in [6, 6.07) is 2.84. The molecule has 106 valence electrons. The zero-order chi connectivity index (χ0) is 14.5. The van der Waals surface area contributed by atoms with Gasteiger partial charge in [0.1, 0.15) is 5.56 Å². The molecule has 1 aromatic rings. The number of ether oxygens (including phenoxy) is 1. The summed E-state index contributed by atoms with van der Waals surface area (Å²) in [6.07, 6.45) is -4.14. The average Bonchev–Trinajstić information content (AvgIpc) is 2.33. The molecule has 0 bridgehead atoms. The second-order valence-corrected chi connectivity index (χ2v) is 3.76. The minimum absolute atomic E-state index is 0.189. The molecular formula is C11H13F3N2O3. The van der Waals surface area contributed by atoms with Gasteiger partial charge in [0, 0.05) is 32.0 Å². The monoisotopic (exact) mass is 278 g/mol. The molecule has 1 N–H and O–H groups in total. The van der Waals surface area contributed by atoms with Gasteiger partial charge in [-0.15, -0.1) is 0 Å². The lowest BCUT2D eigenvalue weighted by atomic mass is 10.1. The van der Waals surface area contributed by atoms with Gasteiger partial charge in [0.2, 0.25) is 0 Å². The molecule has 0 saturated heterocycles. The predicted molar refractivity (Wildman–Crippen MR) is 63.1 cm³/mol. The van der Waals surface area contributed by atoms with Gasteiger partial charge in [-0.05, 0) is 18.6 Å². The van der Waals surface area contributed by atoms with Crippen molar-refractivity contribution in [2.75, 3.05) is 25.6 Å². The molecular weight excluding hydrogens is 265 g/mol. The highest BCUT2D eigenvalue weighted by Gasteiger charge is 2.38. The van der Waals surface area contributed by atoms with Gasteiger partial charge in [-0.1, -0.05) is 0 Å². The van der Waals surface area contributed by atoms with Crippen LogP contribution in [0.3, 0.4) is 0 Å². The highest BCUT2D eigenvalue weighted by molar-refractivity contribution is 5.55. The number of hydrogen-bond acceptors (Lipinski definition) is 4. The number of nitrogens with one attached hydrogen (secondary N) is 1. The topological polar surface area (TPSA) is 64.4 Å². The average molecular weight is 278 g/mol. The Hall–Kier alpha value is -1.83. The second kappa shape index (κ2) is 6.37. The number of anilines is 1. The summed E-state index contributed by atoms with van der Waals surface area (Å²) in [5, 5.41) is 13.3. The van der Waals surface area contributed by atoms with E-state index in [0.717, 1.165) is 12.1 Å². The first-order chi connectivity index (χ1) is 8.86. The Balaban J connectivity index is 2.90. The first kappa shape index (κ1) is 15.2. The van der Waals surface area contributed by atoms with Crippen molar-refractivity contribution in [3.05, 3.63) is 33.9 Å². The maximum atomic E-state index is 12.7. The summed E-state index contributed by atoms with van der Waals surface area (Å²) in [7, 11) is 1.52. The molecule has 0 fully saturated rings. The van der Waals surface area contributed by atoms with E-state index in [1.54, 1.807) is 0 Å². The molecule has 0 unspecified atom stereocenters. The number of rotatable bonds is 6. The summed E-state index contributed by atoms with van der Waals surface area (Å²) in [5.41, 5.74) is -2.02. The van der Waals surface area contributed by atoms with Gasteiger partial charge in [0.05, 0.1) is 4.92 Å². The van der Waals surface area contributed by atoms with Crippen molar-refractivity contribution in [2.45, 2.75) is 12.6 Å². The highest BCUT2D eigenvalue weighted by Crippen LogP contribution is 2.37. The van der Waals surface area contributed by atoms with Crippen LogP contribution in [0, 0.1) is 10.1 Å². The number of benzene rings is 1. The Bertz CT molecular complexity index is 449. The first-order valence-corrected chi connectivity index (χ1v) is 5.44. The van der Waals surface area contributed by atoms with Crippen molar-refractivity contribution in [3.63, 3.8) is 0 Å². The molecule has 5 nitrogen and oxygen atoms in total. The Kier molecular flexibility index (Phi) is 5.11. The van der Waals surface area contributed by atoms with E-state index < -0.39 is 22.4 Å². The maximum Gasteiger partial charge on any atom is 0.423 e. The number of methoxy groups -OCH3 is 1. The van der Waals surface area contributed by atoms with E-state index in [1.807, 2.05) is 0 Å². The number of nitro groups is 1. The normalized spacial score (nSPS) is 11.4. The predicted octanol–water partition coefficient (Wildman–Crippen LogP) is 3.06. The van der Waals surface area contributed by atoms with Crippen molar-refractivity contribution >= 4 is 11.4 Å². The molecule has 0 heterocycles. The number of halogens is 3. The molecule has 0 aliphatic heterocycles. The van der Waals surface area contributed by atoms with E-state index in [1.165, 1.54) is 13.2 Å². The third kappa shape index (κ3) is 4.40. The van der Waals surface area contributed by atoms with Crippen LogP contribution < -0.4 is 5.32 Å². The molecule has 19 heavy (non-hydrogen) atoms. The third-order valence-electron chi connectivity index (χ3n) is 2.35. The zero-order valence-corrected chi connectivity index (χ0v) is 10.2. The van der Waals surface area contributed by atoms with Crippen molar-refractivity contribution < 1.29 is 22.8 Å². The van der Waals surface area contributed by atoms with Gasteiger partial charge in [-0.2, -0.15) is 13.2 Å². The Morgan fingerprint density at radius 3 is 2.63 bits per heavy atom. The van der Waals surface area contributed by atoms with Gasteiger partial charge < -0.3 is 10.1 Å². The lowest BCUT2D eigenvalue weighted by Crippen LogP contribution is -2.11. The standard InChI is InChI=1S/C11H13F3N2O3/c1-19-6-2-5-15-8-3-4-10(16(17)18)9(7-8)11(12,13)14/h3-4,7,15H,2,5-6H2,1H3. The largest absolute Gasteiger partial charge is 0.423 e. The lowest BCUT2D eigenvalue weighted by Gasteiger charge is -2.11. The molecule has 0 aromatic heterocycles. The highest BCUT2D eigenvalue weighted by atomic mass is 19.4. The van der Waals surface area contributed by atoms with Gasteiger partial charge in [-0.3, -0.25) is 10.1 Å². The van der Waals surface area contributed by atoms with Crippen LogP contribution in [0.2, 0.25) is 0 Å². The summed E-state index contributed by atoms with van der Waals surface area (Å²) >= 11 is 0. The fourth-order valence-electron chi connectivity index (χ4n) is 1.48. The van der Waals surface area contributed by atoms with Crippen molar-refractivity contribution in [3.8, 4) is 0 Å². The Morgan fingerprint density at radius 2 is 2.11 bits per heavy atom. The molecule has 0 saturated carbocycles. The summed E-state index contributed by atoms with van der Waals surface area (Å²) in [5.74, 6) is 0. The summed E-state index contributed by atoms with van der Waals surface area (Å²) in [6.45, 7) is 0.898. The number of nitro benzene ring substituents is 1. The van der Waals surface area contributed by atoms with Crippen LogP contribution in [0.5, 0.6) is 0 Å². The number of nitrogens with zero attached hydrogens (tertiary/aromatic N) is 1. The van der Waals surface area contributed by atoms with E-state index in [4.69, 9.17) is 4.74 Å². The SMILES string of the molecule is COCCCNc1ccc([N+](=O)[O-])c(C(F)(F)F)c1. The van der Waals surface area contributed by atoms with Crippen molar-refractivity contribution in [1.29, 1.82) is 0 Å². The van der Waals surface area contributed by atoms with E-state index in [-0.39, 0.29) is 5.69 Å². The van der Waals surface area contributed by atoms with Gasteiger partial charge in [-0.25, -0.2) is 0 Å². The molecule has 0 radical (unpaired) electrons. The van der Waals surface area contributed by atoms with E-state index in [9.17, 15) is 23.3 Å². The van der Waals surface area contributed by atoms with Crippen LogP contribution in [-0.4, -0.2) is 25.2 Å². The molecule has 0 spiro atoms. The smallest absolute Gasteiger partial charge is 0.385 e. The fraction of sp³-hybridized carbons (Fsp3) is 0.455. The van der Waals surface area contributed by atoms with Crippen LogP contribution in [0.25, 0.3) is 0 Å². The molecule has 1 rings (SSSR count). The van der Waals surface area contributed by atoms with Crippen LogP contribution in [0.15, 0.2) is 18.2 Å². The maximum absolute atomic E-state index is 12.7. The van der Waals surface area contributed by atoms with Crippen LogP contribution in [-0.2, 0) is 10.9 Å². The van der Waals surface area contributed by atoms with E-state index >= 15 is 0 Å². The first-order valence-electron chi connectivity index (χ1n) is 5.44. The molecule has 0 aliphatic rings. The molecule has 0 amide bonds. The van der Waals surface area contributed by atoms with E-state index in [2.05, 4.69) is 5.32 Å². The minimum atomic E-state index is -4.76. The lowest BCUT2D eigenvalue weighted by molar-refractivity contribution is -0.388.